The van der Waals surface area contributed by atoms with Crippen LogP contribution in [0.3, 0.4) is 0 Å². The number of hydrogen-bond donors (Lipinski definition) is 1. The standard InChI is InChI=1S/C27H25FN2O4/c1-3-33-22-15-14-20(16-23(22)34-4-2)29-25-24(18-10-6-5-7-11-18)26(31)30(27(25)32)17-19-12-8-9-13-21(19)28/h5-16,29H,3-4,17H2,1-2H3. The molecule has 1 N–H and O–H groups in total. The Balaban J connectivity index is 1.72. The van der Waals surface area contributed by atoms with Crippen molar-refractivity contribution >= 4 is 23.1 Å². The molecule has 1 aliphatic rings. The monoisotopic (exact) mass is 460 g/mol. The van der Waals surface area contributed by atoms with E-state index >= 15 is 0 Å². The van der Waals surface area contributed by atoms with Crippen molar-refractivity contribution in [2.24, 2.45) is 0 Å². The molecule has 0 aromatic heterocycles. The number of nitrogens with zero attached hydrogens (tertiary/aromatic N) is 1. The summed E-state index contributed by atoms with van der Waals surface area (Å²) in [4.78, 5) is 27.8. The summed E-state index contributed by atoms with van der Waals surface area (Å²) >= 11 is 0. The Morgan fingerprint density at radius 2 is 1.50 bits per heavy atom. The van der Waals surface area contributed by atoms with Gasteiger partial charge in [0.25, 0.3) is 11.8 Å². The number of imide groups is 1. The number of amides is 2. The van der Waals surface area contributed by atoms with Crippen LogP contribution in [0.5, 0.6) is 11.5 Å². The van der Waals surface area contributed by atoms with Gasteiger partial charge in [0.05, 0.1) is 25.3 Å². The molecule has 0 saturated carbocycles. The molecule has 0 aliphatic carbocycles. The lowest BCUT2D eigenvalue weighted by molar-refractivity contribution is -0.137. The molecular formula is C27H25FN2O4. The summed E-state index contributed by atoms with van der Waals surface area (Å²) in [5.74, 6) is -0.381. The van der Waals surface area contributed by atoms with Crippen molar-refractivity contribution in [3.63, 3.8) is 0 Å². The smallest absolute Gasteiger partial charge is 0.278 e. The molecule has 4 rings (SSSR count). The van der Waals surface area contributed by atoms with Crippen LogP contribution in [0.4, 0.5) is 10.1 Å². The number of rotatable bonds is 9. The highest BCUT2D eigenvalue weighted by Gasteiger charge is 2.39. The molecule has 3 aromatic carbocycles. The van der Waals surface area contributed by atoms with Crippen LogP contribution in [-0.4, -0.2) is 29.9 Å². The van der Waals surface area contributed by atoms with Gasteiger partial charge in [-0.15, -0.1) is 0 Å². The Kier molecular flexibility index (Phi) is 6.92. The van der Waals surface area contributed by atoms with E-state index in [0.717, 1.165) is 4.90 Å². The fraction of sp³-hybridized carbons (Fsp3) is 0.185. The van der Waals surface area contributed by atoms with Crippen LogP contribution in [-0.2, 0) is 16.1 Å². The summed E-state index contributed by atoms with van der Waals surface area (Å²) in [7, 11) is 0. The third-order valence-electron chi connectivity index (χ3n) is 5.33. The lowest BCUT2D eigenvalue weighted by atomic mass is 10.0. The molecule has 1 heterocycles. The highest BCUT2D eigenvalue weighted by atomic mass is 19.1. The Bertz CT molecular complexity index is 1240. The molecule has 0 saturated heterocycles. The van der Waals surface area contributed by atoms with Gasteiger partial charge in [-0.2, -0.15) is 0 Å². The molecule has 3 aromatic rings. The van der Waals surface area contributed by atoms with Crippen molar-refractivity contribution in [3.05, 3.63) is 95.4 Å². The van der Waals surface area contributed by atoms with Crippen LogP contribution in [0, 0.1) is 5.82 Å². The van der Waals surface area contributed by atoms with Gasteiger partial charge < -0.3 is 14.8 Å². The van der Waals surface area contributed by atoms with Crippen molar-refractivity contribution in [3.8, 4) is 11.5 Å². The second-order valence-corrected chi connectivity index (χ2v) is 7.56. The van der Waals surface area contributed by atoms with E-state index in [1.54, 1.807) is 60.7 Å². The predicted octanol–water partition coefficient (Wildman–Crippen LogP) is 5.02. The summed E-state index contributed by atoms with van der Waals surface area (Å²) in [5.41, 5.74) is 1.77. The number of benzene rings is 3. The van der Waals surface area contributed by atoms with Gasteiger partial charge in [0.2, 0.25) is 0 Å². The maximum absolute atomic E-state index is 14.3. The van der Waals surface area contributed by atoms with Crippen LogP contribution in [0.15, 0.2) is 78.5 Å². The third kappa shape index (κ3) is 4.64. The molecule has 0 atom stereocenters. The van der Waals surface area contributed by atoms with Crippen LogP contribution in [0.1, 0.15) is 25.0 Å². The summed E-state index contributed by atoms with van der Waals surface area (Å²) < 4.78 is 25.6. The number of ether oxygens (including phenoxy) is 2. The molecule has 1 aliphatic heterocycles. The van der Waals surface area contributed by atoms with Crippen LogP contribution >= 0.6 is 0 Å². The second kappa shape index (κ2) is 10.2. The maximum atomic E-state index is 14.3. The fourth-order valence-electron chi connectivity index (χ4n) is 3.78. The quantitative estimate of drug-likeness (QED) is 0.455. The molecule has 0 radical (unpaired) electrons. The van der Waals surface area contributed by atoms with Gasteiger partial charge in [0.1, 0.15) is 11.5 Å². The first kappa shape index (κ1) is 23.0. The SMILES string of the molecule is CCOc1ccc(NC2=C(c3ccccc3)C(=O)N(Cc3ccccc3F)C2=O)cc1OCC. The first-order chi connectivity index (χ1) is 16.5. The molecule has 0 bridgehead atoms. The van der Waals surface area contributed by atoms with Crippen LogP contribution < -0.4 is 14.8 Å². The van der Waals surface area contributed by atoms with Gasteiger partial charge in [0, 0.05) is 17.3 Å². The molecule has 7 heteroatoms. The summed E-state index contributed by atoms with van der Waals surface area (Å²) in [6, 6.07) is 20.3. The lowest BCUT2D eigenvalue weighted by Crippen LogP contribution is -2.32. The molecular weight excluding hydrogens is 435 g/mol. The molecule has 174 valence electrons. The van der Waals surface area contributed by atoms with E-state index in [1.807, 2.05) is 19.9 Å². The van der Waals surface area contributed by atoms with Gasteiger partial charge >= 0.3 is 0 Å². The van der Waals surface area contributed by atoms with Crippen molar-refractivity contribution in [1.29, 1.82) is 0 Å². The van der Waals surface area contributed by atoms with Crippen molar-refractivity contribution in [1.82, 2.24) is 4.90 Å². The third-order valence-corrected chi connectivity index (χ3v) is 5.33. The highest BCUT2D eigenvalue weighted by molar-refractivity contribution is 6.36. The topological polar surface area (TPSA) is 67.9 Å². The minimum Gasteiger partial charge on any atom is -0.490 e. The van der Waals surface area contributed by atoms with Gasteiger partial charge in [0.15, 0.2) is 11.5 Å². The number of carbonyl (C=O) groups is 2. The summed E-state index contributed by atoms with van der Waals surface area (Å²) in [6.45, 7) is 4.50. The van der Waals surface area contributed by atoms with Crippen molar-refractivity contribution in [2.45, 2.75) is 20.4 Å². The van der Waals surface area contributed by atoms with E-state index in [-0.39, 0.29) is 23.4 Å². The van der Waals surface area contributed by atoms with Crippen molar-refractivity contribution < 1.29 is 23.5 Å². The zero-order chi connectivity index (χ0) is 24.1. The first-order valence-electron chi connectivity index (χ1n) is 11.1. The van der Waals surface area contributed by atoms with E-state index in [0.29, 0.717) is 36.0 Å². The van der Waals surface area contributed by atoms with Crippen LogP contribution in [0.2, 0.25) is 0 Å². The van der Waals surface area contributed by atoms with Gasteiger partial charge in [-0.1, -0.05) is 48.5 Å². The minimum atomic E-state index is -0.529. The maximum Gasteiger partial charge on any atom is 0.278 e. The number of nitrogens with one attached hydrogen (secondary N) is 1. The first-order valence-corrected chi connectivity index (χ1v) is 11.1. The minimum absolute atomic E-state index is 0.124. The van der Waals surface area contributed by atoms with E-state index in [4.69, 9.17) is 9.47 Å². The molecule has 34 heavy (non-hydrogen) atoms. The predicted molar refractivity (Wildman–Crippen MR) is 128 cm³/mol. The zero-order valence-corrected chi connectivity index (χ0v) is 19.0. The average molecular weight is 461 g/mol. The summed E-state index contributed by atoms with van der Waals surface area (Å²) in [5, 5.41) is 3.11. The van der Waals surface area contributed by atoms with E-state index in [9.17, 15) is 14.0 Å². The lowest BCUT2D eigenvalue weighted by Gasteiger charge is -2.16. The molecule has 2 amide bonds. The Morgan fingerprint density at radius 3 is 2.21 bits per heavy atom. The zero-order valence-electron chi connectivity index (χ0n) is 19.0. The molecule has 0 spiro atoms. The fourth-order valence-corrected chi connectivity index (χ4v) is 3.78. The number of halogens is 1. The van der Waals surface area contributed by atoms with E-state index < -0.39 is 17.6 Å². The van der Waals surface area contributed by atoms with Gasteiger partial charge in [-0.3, -0.25) is 14.5 Å². The molecule has 0 fully saturated rings. The Labute approximate surface area is 197 Å². The van der Waals surface area contributed by atoms with E-state index in [1.165, 1.54) is 6.07 Å². The van der Waals surface area contributed by atoms with E-state index in [2.05, 4.69) is 5.32 Å². The largest absolute Gasteiger partial charge is 0.490 e. The molecule has 6 nitrogen and oxygen atoms in total. The Morgan fingerprint density at radius 1 is 0.824 bits per heavy atom. The van der Waals surface area contributed by atoms with Gasteiger partial charge in [-0.05, 0) is 37.6 Å². The second-order valence-electron chi connectivity index (χ2n) is 7.56. The number of anilines is 1. The Hall–Kier alpha value is -4.13. The number of carbonyl (C=O) groups excluding carboxylic acids is 2. The van der Waals surface area contributed by atoms with Crippen molar-refractivity contribution in [2.75, 3.05) is 18.5 Å². The molecule has 0 unspecified atom stereocenters. The highest BCUT2D eigenvalue weighted by Crippen LogP contribution is 2.35. The van der Waals surface area contributed by atoms with Gasteiger partial charge in [-0.25, -0.2) is 4.39 Å². The number of hydrogen-bond acceptors (Lipinski definition) is 5. The summed E-state index contributed by atoms with van der Waals surface area (Å²) in [6.07, 6.45) is 0. The van der Waals surface area contributed by atoms with Crippen LogP contribution in [0.25, 0.3) is 5.57 Å². The normalized spacial score (nSPS) is 13.4. The average Bonchev–Trinajstić information content (AvgIpc) is 3.07.